The van der Waals surface area contributed by atoms with Gasteiger partial charge in [-0.3, -0.25) is 0 Å². The third-order valence-electron chi connectivity index (χ3n) is 3.87. The van der Waals surface area contributed by atoms with E-state index >= 15 is 0 Å². The van der Waals surface area contributed by atoms with Gasteiger partial charge in [-0.2, -0.15) is 0 Å². The second-order valence-electron chi connectivity index (χ2n) is 6.16. The molecule has 0 radical (unpaired) electrons. The van der Waals surface area contributed by atoms with E-state index in [-0.39, 0.29) is 0 Å². The Morgan fingerprint density at radius 3 is 2.38 bits per heavy atom. The molecular weight excluding hydrogens is 196 g/mol. The molecule has 1 N–H and O–H groups in total. The van der Waals surface area contributed by atoms with Crippen molar-refractivity contribution in [1.82, 2.24) is 10.2 Å². The first-order valence-electron chi connectivity index (χ1n) is 6.95. The summed E-state index contributed by atoms with van der Waals surface area (Å²) < 4.78 is 0. The van der Waals surface area contributed by atoms with Crippen molar-refractivity contribution in [3.05, 3.63) is 0 Å². The van der Waals surface area contributed by atoms with Gasteiger partial charge in [0.1, 0.15) is 0 Å². The maximum Gasteiger partial charge on any atom is 0.0105 e. The molecule has 0 aromatic carbocycles. The van der Waals surface area contributed by atoms with Crippen LogP contribution in [0, 0.1) is 17.8 Å². The third kappa shape index (κ3) is 4.42. The van der Waals surface area contributed by atoms with Crippen LogP contribution in [0.2, 0.25) is 0 Å². The largest absolute Gasteiger partial charge is 0.316 e. The summed E-state index contributed by atoms with van der Waals surface area (Å²) in [5, 5.41) is 3.57. The summed E-state index contributed by atoms with van der Waals surface area (Å²) in [6.07, 6.45) is 1.39. The first-order valence-corrected chi connectivity index (χ1v) is 6.95. The summed E-state index contributed by atoms with van der Waals surface area (Å²) in [5.41, 5.74) is 0. The van der Waals surface area contributed by atoms with Gasteiger partial charge in [0.2, 0.25) is 0 Å². The molecule has 1 aliphatic heterocycles. The Bertz CT molecular complexity index is 191. The van der Waals surface area contributed by atoms with Crippen molar-refractivity contribution >= 4 is 0 Å². The van der Waals surface area contributed by atoms with E-state index < -0.39 is 0 Å². The zero-order chi connectivity index (χ0) is 12.1. The first-order chi connectivity index (χ1) is 7.50. The van der Waals surface area contributed by atoms with Gasteiger partial charge in [-0.1, -0.05) is 27.7 Å². The predicted octanol–water partition coefficient (Wildman–Crippen LogP) is 2.60. The van der Waals surface area contributed by atoms with Crippen LogP contribution in [0.3, 0.4) is 0 Å². The SMILES string of the molecule is CC(C)CNCC(C)C(C)N1CCC(C)C1. The summed E-state index contributed by atoms with van der Waals surface area (Å²) >= 11 is 0. The van der Waals surface area contributed by atoms with E-state index in [1.165, 1.54) is 19.5 Å². The van der Waals surface area contributed by atoms with Gasteiger partial charge >= 0.3 is 0 Å². The van der Waals surface area contributed by atoms with Crippen LogP contribution in [0.25, 0.3) is 0 Å². The summed E-state index contributed by atoms with van der Waals surface area (Å²) in [4.78, 5) is 2.66. The Balaban J connectivity index is 2.22. The first kappa shape index (κ1) is 14.0. The molecule has 0 spiro atoms. The molecule has 1 rings (SSSR count). The molecule has 1 aliphatic rings. The van der Waals surface area contributed by atoms with Crippen molar-refractivity contribution in [3.63, 3.8) is 0 Å². The normalized spacial score (nSPS) is 26.2. The maximum absolute atomic E-state index is 3.57. The van der Waals surface area contributed by atoms with Crippen LogP contribution in [0.4, 0.5) is 0 Å². The minimum absolute atomic E-state index is 0.726. The minimum atomic E-state index is 0.726. The van der Waals surface area contributed by atoms with Gasteiger partial charge in [0.15, 0.2) is 0 Å². The molecule has 0 aromatic heterocycles. The highest BCUT2D eigenvalue weighted by Crippen LogP contribution is 2.21. The van der Waals surface area contributed by atoms with E-state index in [1.807, 2.05) is 0 Å². The van der Waals surface area contributed by atoms with Crippen LogP contribution >= 0.6 is 0 Å². The average Bonchev–Trinajstić information content (AvgIpc) is 2.63. The van der Waals surface area contributed by atoms with Crippen molar-refractivity contribution in [3.8, 4) is 0 Å². The smallest absolute Gasteiger partial charge is 0.0105 e. The molecule has 1 fully saturated rings. The topological polar surface area (TPSA) is 15.3 Å². The molecule has 96 valence electrons. The lowest BCUT2D eigenvalue weighted by Gasteiger charge is -2.30. The van der Waals surface area contributed by atoms with Gasteiger partial charge in [0, 0.05) is 12.6 Å². The molecule has 0 amide bonds. The number of hydrogen-bond acceptors (Lipinski definition) is 2. The highest BCUT2D eigenvalue weighted by Gasteiger charge is 2.26. The van der Waals surface area contributed by atoms with Crippen molar-refractivity contribution in [2.24, 2.45) is 17.8 Å². The lowest BCUT2D eigenvalue weighted by atomic mass is 10.0. The van der Waals surface area contributed by atoms with Crippen molar-refractivity contribution in [2.45, 2.75) is 47.1 Å². The summed E-state index contributed by atoms with van der Waals surface area (Å²) in [6.45, 7) is 16.6. The molecule has 2 nitrogen and oxygen atoms in total. The van der Waals surface area contributed by atoms with E-state index in [4.69, 9.17) is 0 Å². The zero-order valence-electron chi connectivity index (χ0n) is 11.8. The Morgan fingerprint density at radius 1 is 1.19 bits per heavy atom. The predicted molar refractivity (Wildman–Crippen MR) is 71.7 cm³/mol. The van der Waals surface area contributed by atoms with Gasteiger partial charge in [-0.05, 0) is 50.7 Å². The zero-order valence-corrected chi connectivity index (χ0v) is 11.8. The number of rotatable bonds is 6. The van der Waals surface area contributed by atoms with Gasteiger partial charge in [0.25, 0.3) is 0 Å². The Kier molecular flexibility index (Phi) is 5.77. The van der Waals surface area contributed by atoms with E-state index in [1.54, 1.807) is 0 Å². The van der Waals surface area contributed by atoms with E-state index in [2.05, 4.69) is 44.8 Å². The molecule has 0 saturated carbocycles. The van der Waals surface area contributed by atoms with Gasteiger partial charge in [0.05, 0.1) is 0 Å². The van der Waals surface area contributed by atoms with Crippen LogP contribution < -0.4 is 5.32 Å². The molecule has 3 unspecified atom stereocenters. The van der Waals surface area contributed by atoms with Crippen molar-refractivity contribution in [2.75, 3.05) is 26.2 Å². The number of nitrogens with zero attached hydrogens (tertiary/aromatic N) is 1. The lowest BCUT2D eigenvalue weighted by molar-refractivity contribution is 0.190. The molecule has 0 aromatic rings. The molecule has 2 heteroatoms. The third-order valence-corrected chi connectivity index (χ3v) is 3.87. The number of likely N-dealkylation sites (tertiary alicyclic amines) is 1. The Labute approximate surface area is 102 Å². The molecule has 16 heavy (non-hydrogen) atoms. The quantitative estimate of drug-likeness (QED) is 0.749. The standard InChI is InChI=1S/C14H30N2/c1-11(2)8-15-9-13(4)14(5)16-7-6-12(3)10-16/h11-15H,6-10H2,1-5H3. The summed E-state index contributed by atoms with van der Waals surface area (Å²) in [7, 11) is 0. The number of nitrogens with one attached hydrogen (secondary N) is 1. The van der Waals surface area contributed by atoms with Gasteiger partial charge in [-0.25, -0.2) is 0 Å². The second-order valence-corrected chi connectivity index (χ2v) is 6.16. The second kappa shape index (κ2) is 6.61. The average molecular weight is 226 g/mol. The van der Waals surface area contributed by atoms with Gasteiger partial charge < -0.3 is 10.2 Å². The van der Waals surface area contributed by atoms with Gasteiger partial charge in [-0.15, -0.1) is 0 Å². The summed E-state index contributed by atoms with van der Waals surface area (Å²) in [5.74, 6) is 2.41. The Hall–Kier alpha value is -0.0800. The molecule has 0 bridgehead atoms. The highest BCUT2D eigenvalue weighted by molar-refractivity contribution is 4.80. The fourth-order valence-electron chi connectivity index (χ4n) is 2.47. The van der Waals surface area contributed by atoms with Crippen LogP contribution in [0.5, 0.6) is 0 Å². The molecule has 0 aliphatic carbocycles. The fourth-order valence-corrected chi connectivity index (χ4v) is 2.47. The van der Waals surface area contributed by atoms with Crippen molar-refractivity contribution in [1.29, 1.82) is 0 Å². The van der Waals surface area contributed by atoms with E-state index in [0.29, 0.717) is 0 Å². The summed E-state index contributed by atoms with van der Waals surface area (Å²) in [6, 6.07) is 0.726. The Morgan fingerprint density at radius 2 is 1.88 bits per heavy atom. The lowest BCUT2D eigenvalue weighted by Crippen LogP contribution is -2.40. The van der Waals surface area contributed by atoms with Crippen LogP contribution in [-0.2, 0) is 0 Å². The van der Waals surface area contributed by atoms with Crippen molar-refractivity contribution < 1.29 is 0 Å². The molecular formula is C14H30N2. The van der Waals surface area contributed by atoms with Crippen LogP contribution in [0.1, 0.15) is 41.0 Å². The monoisotopic (exact) mass is 226 g/mol. The molecule has 1 saturated heterocycles. The fraction of sp³-hybridized carbons (Fsp3) is 1.00. The van der Waals surface area contributed by atoms with E-state index in [0.717, 1.165) is 36.9 Å². The van der Waals surface area contributed by atoms with Crippen LogP contribution in [0.15, 0.2) is 0 Å². The highest BCUT2D eigenvalue weighted by atomic mass is 15.2. The minimum Gasteiger partial charge on any atom is -0.316 e. The van der Waals surface area contributed by atoms with E-state index in [9.17, 15) is 0 Å². The molecule has 1 heterocycles. The molecule has 3 atom stereocenters. The maximum atomic E-state index is 3.57. The number of hydrogen-bond donors (Lipinski definition) is 1. The van der Waals surface area contributed by atoms with Crippen LogP contribution in [-0.4, -0.2) is 37.1 Å².